The monoisotopic (exact) mass is 348 g/mol. The van der Waals surface area contributed by atoms with Crippen LogP contribution in [0.2, 0.25) is 0 Å². The normalized spacial score (nSPS) is 14.9. The van der Waals surface area contributed by atoms with Gasteiger partial charge in [0.2, 0.25) is 0 Å². The lowest BCUT2D eigenvalue weighted by Gasteiger charge is -2.30. The first-order valence-corrected chi connectivity index (χ1v) is 8.40. The molecule has 25 heavy (non-hydrogen) atoms. The van der Waals surface area contributed by atoms with Gasteiger partial charge in [-0.05, 0) is 44.4 Å². The van der Waals surface area contributed by atoms with Crippen LogP contribution in [-0.4, -0.2) is 49.0 Å². The Morgan fingerprint density at radius 2 is 1.88 bits per heavy atom. The van der Waals surface area contributed by atoms with E-state index in [1.165, 1.54) is 6.07 Å². The Morgan fingerprint density at radius 1 is 1.20 bits per heavy atom. The van der Waals surface area contributed by atoms with E-state index in [0.29, 0.717) is 43.8 Å². The van der Waals surface area contributed by atoms with Gasteiger partial charge in [-0.15, -0.1) is 0 Å². The van der Waals surface area contributed by atoms with Gasteiger partial charge in [-0.25, -0.2) is 4.79 Å². The fraction of sp³-hybridized carbons (Fsp3) is 0.500. The fourth-order valence-electron chi connectivity index (χ4n) is 2.69. The Hall–Kier alpha value is -2.57. The average Bonchev–Trinajstić information content (AvgIpc) is 2.62. The van der Waals surface area contributed by atoms with Crippen molar-refractivity contribution in [1.82, 2.24) is 4.90 Å². The van der Waals surface area contributed by atoms with Crippen LogP contribution in [0.4, 0.5) is 5.69 Å². The molecule has 1 heterocycles. The van der Waals surface area contributed by atoms with Crippen molar-refractivity contribution in [2.75, 3.05) is 32.0 Å². The van der Waals surface area contributed by atoms with Crippen molar-refractivity contribution in [3.63, 3.8) is 0 Å². The molecule has 0 atom stereocenters. The second kappa shape index (κ2) is 8.50. The van der Waals surface area contributed by atoms with E-state index < -0.39 is 5.97 Å². The molecule has 0 bridgehead atoms. The van der Waals surface area contributed by atoms with Crippen molar-refractivity contribution in [2.24, 2.45) is 5.92 Å². The van der Waals surface area contributed by atoms with Gasteiger partial charge in [0.25, 0.3) is 5.91 Å². The van der Waals surface area contributed by atoms with Crippen molar-refractivity contribution in [3.8, 4) is 0 Å². The predicted molar refractivity (Wildman–Crippen MR) is 91.8 cm³/mol. The molecule has 1 aliphatic heterocycles. The van der Waals surface area contributed by atoms with E-state index in [1.807, 2.05) is 6.92 Å². The topological polar surface area (TPSA) is 98.9 Å². The van der Waals surface area contributed by atoms with Crippen LogP contribution in [0, 0.1) is 12.8 Å². The Bertz CT molecular complexity index is 651. The number of piperidine rings is 1. The van der Waals surface area contributed by atoms with E-state index in [0.717, 1.165) is 5.56 Å². The van der Waals surface area contributed by atoms with Gasteiger partial charge in [-0.3, -0.25) is 9.59 Å². The molecule has 1 saturated heterocycles. The average molecular weight is 348 g/mol. The number of ether oxygens (including phenoxy) is 2. The molecule has 0 aliphatic carbocycles. The first-order chi connectivity index (χ1) is 11.9. The van der Waals surface area contributed by atoms with Crippen LogP contribution in [-0.2, 0) is 19.1 Å². The van der Waals surface area contributed by atoms with E-state index in [9.17, 15) is 14.4 Å². The summed E-state index contributed by atoms with van der Waals surface area (Å²) in [6.07, 6.45) is 1.13. The number of esters is 2. The molecule has 2 N–H and O–H groups in total. The van der Waals surface area contributed by atoms with Crippen molar-refractivity contribution in [3.05, 3.63) is 29.3 Å². The Labute approximate surface area is 147 Å². The van der Waals surface area contributed by atoms with E-state index in [2.05, 4.69) is 0 Å². The smallest absolute Gasteiger partial charge is 0.338 e. The highest BCUT2D eigenvalue weighted by molar-refractivity contribution is 5.92. The molecule has 1 fully saturated rings. The number of hydrogen-bond acceptors (Lipinski definition) is 6. The number of rotatable bonds is 5. The number of likely N-dealkylation sites (tertiary alicyclic amines) is 1. The molecular weight excluding hydrogens is 324 g/mol. The molecular formula is C18H24N2O5. The summed E-state index contributed by atoms with van der Waals surface area (Å²) >= 11 is 0. The number of hydrogen-bond donors (Lipinski definition) is 1. The minimum atomic E-state index is -0.582. The van der Waals surface area contributed by atoms with Gasteiger partial charge in [0.1, 0.15) is 0 Å². The zero-order valence-electron chi connectivity index (χ0n) is 14.6. The minimum Gasteiger partial charge on any atom is -0.466 e. The van der Waals surface area contributed by atoms with Crippen LogP contribution in [0.15, 0.2) is 18.2 Å². The highest BCUT2D eigenvalue weighted by atomic mass is 16.5. The fourth-order valence-corrected chi connectivity index (χ4v) is 2.69. The summed E-state index contributed by atoms with van der Waals surface area (Å²) in [6.45, 7) is 4.56. The van der Waals surface area contributed by atoms with Gasteiger partial charge in [0.05, 0.1) is 18.1 Å². The first kappa shape index (κ1) is 18.8. The lowest BCUT2D eigenvalue weighted by Crippen LogP contribution is -2.42. The maximum absolute atomic E-state index is 12.2. The number of benzene rings is 1. The molecule has 1 aromatic carbocycles. The minimum absolute atomic E-state index is 0.165. The third-order valence-corrected chi connectivity index (χ3v) is 4.31. The number of carbonyl (C=O) groups excluding carboxylic acids is 3. The molecule has 1 aliphatic rings. The molecule has 0 saturated carbocycles. The lowest BCUT2D eigenvalue weighted by molar-refractivity contribution is -0.151. The number of nitrogens with two attached hydrogens (primary N) is 1. The maximum Gasteiger partial charge on any atom is 0.338 e. The molecule has 0 aromatic heterocycles. The summed E-state index contributed by atoms with van der Waals surface area (Å²) in [5.74, 6) is -1.22. The highest BCUT2D eigenvalue weighted by Gasteiger charge is 2.28. The molecule has 1 amide bonds. The van der Waals surface area contributed by atoms with Crippen LogP contribution in [0.5, 0.6) is 0 Å². The first-order valence-electron chi connectivity index (χ1n) is 8.40. The van der Waals surface area contributed by atoms with Crippen LogP contribution in [0.1, 0.15) is 35.7 Å². The second-order valence-corrected chi connectivity index (χ2v) is 6.05. The number of aryl methyl sites for hydroxylation is 1. The predicted octanol–water partition coefficient (Wildman–Crippen LogP) is 1.54. The third kappa shape index (κ3) is 4.95. The summed E-state index contributed by atoms with van der Waals surface area (Å²) in [5.41, 5.74) is 7.46. The van der Waals surface area contributed by atoms with Gasteiger partial charge in [0.15, 0.2) is 6.61 Å². The quantitative estimate of drug-likeness (QED) is 0.640. The zero-order valence-corrected chi connectivity index (χ0v) is 14.6. The second-order valence-electron chi connectivity index (χ2n) is 6.05. The van der Waals surface area contributed by atoms with Crippen LogP contribution in [0.25, 0.3) is 0 Å². The number of carbonyl (C=O) groups is 3. The molecule has 2 rings (SSSR count). The summed E-state index contributed by atoms with van der Waals surface area (Å²) in [6, 6.07) is 4.88. The van der Waals surface area contributed by atoms with Gasteiger partial charge >= 0.3 is 11.9 Å². The third-order valence-electron chi connectivity index (χ3n) is 4.31. The van der Waals surface area contributed by atoms with Crippen molar-refractivity contribution < 1.29 is 23.9 Å². The summed E-state index contributed by atoms with van der Waals surface area (Å²) in [7, 11) is 0. The lowest BCUT2D eigenvalue weighted by atomic mass is 9.97. The number of amides is 1. The summed E-state index contributed by atoms with van der Waals surface area (Å²) in [5, 5.41) is 0. The largest absolute Gasteiger partial charge is 0.466 e. The molecule has 136 valence electrons. The molecule has 1 aromatic rings. The summed E-state index contributed by atoms with van der Waals surface area (Å²) in [4.78, 5) is 37.5. The Morgan fingerprint density at radius 3 is 2.48 bits per heavy atom. The van der Waals surface area contributed by atoms with Crippen molar-refractivity contribution >= 4 is 23.5 Å². The molecule has 0 unspecified atom stereocenters. The molecule has 0 spiro atoms. The number of nitrogen functional groups attached to an aromatic ring is 1. The zero-order chi connectivity index (χ0) is 18.4. The van der Waals surface area contributed by atoms with E-state index in [-0.39, 0.29) is 24.4 Å². The van der Waals surface area contributed by atoms with E-state index >= 15 is 0 Å². The number of anilines is 1. The SMILES string of the molecule is CCOC(=O)C1CCN(C(=O)COC(=O)c2ccc(C)c(N)c2)CC1. The van der Waals surface area contributed by atoms with Crippen LogP contribution < -0.4 is 5.73 Å². The van der Waals surface area contributed by atoms with Gasteiger partial charge in [-0.1, -0.05) is 6.07 Å². The van der Waals surface area contributed by atoms with Crippen LogP contribution >= 0.6 is 0 Å². The standard InChI is InChI=1S/C18H24N2O5/c1-3-24-17(22)13-6-8-20(9-7-13)16(21)11-25-18(23)14-5-4-12(2)15(19)10-14/h4-5,10,13H,3,6-9,11,19H2,1-2H3. The van der Waals surface area contributed by atoms with Gasteiger partial charge in [-0.2, -0.15) is 0 Å². The molecule has 7 nitrogen and oxygen atoms in total. The maximum atomic E-state index is 12.2. The van der Waals surface area contributed by atoms with Gasteiger partial charge in [0, 0.05) is 18.8 Å². The Balaban J connectivity index is 1.80. The molecule has 7 heteroatoms. The van der Waals surface area contributed by atoms with Gasteiger partial charge < -0.3 is 20.1 Å². The van der Waals surface area contributed by atoms with Crippen molar-refractivity contribution in [2.45, 2.75) is 26.7 Å². The Kier molecular flexibility index (Phi) is 6.38. The van der Waals surface area contributed by atoms with Crippen molar-refractivity contribution in [1.29, 1.82) is 0 Å². The summed E-state index contributed by atoms with van der Waals surface area (Å²) < 4.78 is 10.1. The number of nitrogens with zero attached hydrogens (tertiary/aromatic N) is 1. The van der Waals surface area contributed by atoms with E-state index in [1.54, 1.807) is 24.0 Å². The highest BCUT2D eigenvalue weighted by Crippen LogP contribution is 2.19. The van der Waals surface area contributed by atoms with E-state index in [4.69, 9.17) is 15.2 Å². The molecule has 0 radical (unpaired) electrons. The van der Waals surface area contributed by atoms with Crippen LogP contribution in [0.3, 0.4) is 0 Å².